The predicted molar refractivity (Wildman–Crippen MR) is 80.2 cm³/mol. The monoisotopic (exact) mass is 352 g/mol. The molecule has 0 aliphatic rings. The van der Waals surface area contributed by atoms with Gasteiger partial charge in [-0.2, -0.15) is 18.3 Å². The smallest absolute Gasteiger partial charge is 0.408 e. The zero-order chi connectivity index (χ0) is 18.0. The van der Waals surface area contributed by atoms with Crippen molar-refractivity contribution in [1.29, 1.82) is 0 Å². The summed E-state index contributed by atoms with van der Waals surface area (Å²) in [6, 6.07) is 1.20. The van der Waals surface area contributed by atoms with Gasteiger partial charge in [0.1, 0.15) is 12.4 Å². The summed E-state index contributed by atoms with van der Waals surface area (Å²) < 4.78 is 43.7. The van der Waals surface area contributed by atoms with Crippen LogP contribution in [0.1, 0.15) is 10.5 Å². The fourth-order valence-corrected chi connectivity index (χ4v) is 2.15. The summed E-state index contributed by atoms with van der Waals surface area (Å²) in [5.41, 5.74) is -0.0384. The molecule has 130 valence electrons. The average molecular weight is 352 g/mol. The van der Waals surface area contributed by atoms with Gasteiger partial charge in [-0.05, 0) is 6.07 Å². The number of nitrogens with zero attached hydrogens (tertiary/aromatic N) is 5. The number of alkyl halides is 3. The lowest BCUT2D eigenvalue weighted by molar-refractivity contribution is -0.141. The third kappa shape index (κ3) is 3.65. The topological polar surface area (TPSA) is 94.8 Å². The van der Waals surface area contributed by atoms with E-state index < -0.39 is 18.7 Å². The molecule has 8 nitrogen and oxygen atoms in total. The zero-order valence-electron chi connectivity index (χ0n) is 12.8. The summed E-state index contributed by atoms with van der Waals surface area (Å²) >= 11 is 0. The minimum Gasteiger partial charge on any atom is -0.464 e. The first-order valence-electron chi connectivity index (χ1n) is 6.92. The molecule has 3 heterocycles. The second-order valence-electron chi connectivity index (χ2n) is 4.92. The molecule has 0 radical (unpaired) electrons. The number of aromatic nitrogens is 5. The van der Waals surface area contributed by atoms with E-state index in [9.17, 15) is 18.0 Å². The first kappa shape index (κ1) is 16.6. The number of rotatable bonds is 4. The Bertz CT molecular complexity index is 910. The lowest BCUT2D eigenvalue weighted by atomic mass is 10.2. The third-order valence-corrected chi connectivity index (χ3v) is 3.17. The van der Waals surface area contributed by atoms with E-state index in [4.69, 9.17) is 0 Å². The second-order valence-corrected chi connectivity index (χ2v) is 4.92. The maximum absolute atomic E-state index is 12.8. The molecule has 0 unspecified atom stereocenters. The van der Waals surface area contributed by atoms with E-state index in [1.165, 1.54) is 30.9 Å². The van der Waals surface area contributed by atoms with Gasteiger partial charge in [-0.25, -0.2) is 14.8 Å². The molecule has 0 saturated carbocycles. The minimum absolute atomic E-state index is 0.0825. The van der Waals surface area contributed by atoms with Crippen LogP contribution in [0.25, 0.3) is 10.9 Å². The summed E-state index contributed by atoms with van der Waals surface area (Å²) in [4.78, 5) is 23.3. The standard InChI is InChI=1S/C14H11F3N6O2/c1-25-13(24)9-4-10-8(5-20-9)12(21-11-6-18-2-3-19-11)22-23(10)7-14(15,16)17/h2-6H,7H2,1H3,(H,19,21,22). The van der Waals surface area contributed by atoms with E-state index >= 15 is 0 Å². The van der Waals surface area contributed by atoms with E-state index in [-0.39, 0.29) is 17.0 Å². The van der Waals surface area contributed by atoms with Crippen LogP contribution in [-0.4, -0.2) is 44.0 Å². The Morgan fingerprint density at radius 3 is 2.72 bits per heavy atom. The van der Waals surface area contributed by atoms with Crippen molar-refractivity contribution in [3.63, 3.8) is 0 Å². The summed E-state index contributed by atoms with van der Waals surface area (Å²) in [6.07, 6.45) is 1.03. The Kier molecular flexibility index (Phi) is 4.21. The summed E-state index contributed by atoms with van der Waals surface area (Å²) in [6.45, 7) is -1.32. The Labute approximate surface area is 138 Å². The molecule has 3 rings (SSSR count). The normalized spacial score (nSPS) is 11.5. The van der Waals surface area contributed by atoms with Crippen molar-refractivity contribution in [1.82, 2.24) is 24.7 Å². The molecular weight excluding hydrogens is 341 g/mol. The van der Waals surface area contributed by atoms with Crippen LogP contribution in [0.15, 0.2) is 30.9 Å². The molecule has 0 aromatic carbocycles. The van der Waals surface area contributed by atoms with Gasteiger partial charge in [0.15, 0.2) is 11.5 Å². The van der Waals surface area contributed by atoms with Gasteiger partial charge in [0.2, 0.25) is 0 Å². The summed E-state index contributed by atoms with van der Waals surface area (Å²) in [7, 11) is 1.16. The molecule has 0 aliphatic heterocycles. The maximum Gasteiger partial charge on any atom is 0.408 e. The number of fused-ring (bicyclic) bond motifs is 1. The largest absolute Gasteiger partial charge is 0.464 e. The number of halogens is 3. The summed E-state index contributed by atoms with van der Waals surface area (Å²) in [5, 5.41) is 7.00. The Hall–Kier alpha value is -3.24. The van der Waals surface area contributed by atoms with Crippen molar-refractivity contribution in [3.8, 4) is 0 Å². The van der Waals surface area contributed by atoms with Crippen molar-refractivity contribution in [2.45, 2.75) is 12.7 Å². The van der Waals surface area contributed by atoms with Crippen LogP contribution in [0.5, 0.6) is 0 Å². The first-order valence-corrected chi connectivity index (χ1v) is 6.92. The molecule has 0 aliphatic carbocycles. The van der Waals surface area contributed by atoms with Crippen LogP contribution in [-0.2, 0) is 11.3 Å². The Morgan fingerprint density at radius 2 is 2.08 bits per heavy atom. The van der Waals surface area contributed by atoms with Crippen molar-refractivity contribution in [2.24, 2.45) is 0 Å². The molecule has 0 fully saturated rings. The van der Waals surface area contributed by atoms with Crippen molar-refractivity contribution >= 4 is 28.5 Å². The maximum atomic E-state index is 12.8. The number of methoxy groups -OCH3 is 1. The molecule has 3 aromatic rings. The van der Waals surface area contributed by atoms with Gasteiger partial charge in [0.05, 0.1) is 24.2 Å². The molecular formula is C14H11F3N6O2. The molecule has 0 spiro atoms. The Morgan fingerprint density at radius 1 is 1.28 bits per heavy atom. The number of esters is 1. The van der Waals surface area contributed by atoms with Crippen LogP contribution in [0, 0.1) is 0 Å². The molecule has 0 atom stereocenters. The fourth-order valence-electron chi connectivity index (χ4n) is 2.15. The first-order chi connectivity index (χ1) is 11.9. The van der Waals surface area contributed by atoms with E-state index in [1.807, 2.05) is 0 Å². The number of hydrogen-bond acceptors (Lipinski definition) is 7. The van der Waals surface area contributed by atoms with Gasteiger partial charge >= 0.3 is 12.1 Å². The number of pyridine rings is 1. The quantitative estimate of drug-likeness (QED) is 0.720. The Balaban J connectivity index is 2.09. The number of anilines is 2. The van der Waals surface area contributed by atoms with Gasteiger partial charge < -0.3 is 10.1 Å². The molecule has 1 N–H and O–H groups in total. The molecule has 0 bridgehead atoms. The average Bonchev–Trinajstić information content (AvgIpc) is 2.90. The number of hydrogen-bond donors (Lipinski definition) is 1. The van der Waals surface area contributed by atoms with Gasteiger partial charge in [-0.15, -0.1) is 0 Å². The van der Waals surface area contributed by atoms with E-state index in [0.29, 0.717) is 11.2 Å². The van der Waals surface area contributed by atoms with Crippen LogP contribution in [0.2, 0.25) is 0 Å². The van der Waals surface area contributed by atoms with Crippen LogP contribution in [0.4, 0.5) is 24.8 Å². The summed E-state index contributed by atoms with van der Waals surface area (Å²) in [5.74, 6) is -0.341. The van der Waals surface area contributed by atoms with E-state index in [1.54, 1.807) is 0 Å². The van der Waals surface area contributed by atoms with Crippen LogP contribution < -0.4 is 5.32 Å². The number of ether oxygens (including phenoxy) is 1. The van der Waals surface area contributed by atoms with Gasteiger partial charge in [-0.1, -0.05) is 0 Å². The second kappa shape index (κ2) is 6.34. The van der Waals surface area contributed by atoms with Crippen LogP contribution >= 0.6 is 0 Å². The lowest BCUT2D eigenvalue weighted by Crippen LogP contribution is -2.18. The molecule has 25 heavy (non-hydrogen) atoms. The molecule has 11 heteroatoms. The van der Waals surface area contributed by atoms with E-state index in [2.05, 4.69) is 30.1 Å². The van der Waals surface area contributed by atoms with Gasteiger partial charge in [0, 0.05) is 18.6 Å². The number of carbonyl (C=O) groups is 1. The minimum atomic E-state index is -4.49. The van der Waals surface area contributed by atoms with Crippen LogP contribution in [0.3, 0.4) is 0 Å². The zero-order valence-corrected chi connectivity index (χ0v) is 12.8. The third-order valence-electron chi connectivity index (χ3n) is 3.17. The van der Waals surface area contributed by atoms with Crippen molar-refractivity contribution in [3.05, 3.63) is 36.5 Å². The highest BCUT2D eigenvalue weighted by Crippen LogP contribution is 2.28. The highest BCUT2D eigenvalue weighted by Gasteiger charge is 2.30. The lowest BCUT2D eigenvalue weighted by Gasteiger charge is -2.07. The predicted octanol–water partition coefficient (Wildman–Crippen LogP) is 2.31. The SMILES string of the molecule is COC(=O)c1cc2c(cn1)c(Nc1cnccn1)nn2CC(F)(F)F. The fraction of sp³-hybridized carbons (Fsp3) is 0.214. The molecule has 0 saturated heterocycles. The van der Waals surface area contributed by atoms with Gasteiger partial charge in [0.25, 0.3) is 0 Å². The molecule has 0 amide bonds. The van der Waals surface area contributed by atoms with Gasteiger partial charge in [-0.3, -0.25) is 9.67 Å². The highest BCUT2D eigenvalue weighted by molar-refractivity contribution is 5.96. The number of nitrogens with one attached hydrogen (secondary N) is 1. The van der Waals surface area contributed by atoms with E-state index in [0.717, 1.165) is 11.8 Å². The number of carbonyl (C=O) groups excluding carboxylic acids is 1. The van der Waals surface area contributed by atoms with Crippen molar-refractivity contribution in [2.75, 3.05) is 12.4 Å². The molecule has 3 aromatic heterocycles. The van der Waals surface area contributed by atoms with Crippen molar-refractivity contribution < 1.29 is 22.7 Å². The highest BCUT2D eigenvalue weighted by atomic mass is 19.4.